The molecule has 3 aromatic rings. The molecule has 1 saturated heterocycles. The van der Waals surface area contributed by atoms with Gasteiger partial charge in [0.25, 0.3) is 0 Å². The number of carboxylic acid groups (broad SMARTS) is 1. The van der Waals surface area contributed by atoms with Crippen LogP contribution < -0.4 is 4.31 Å². The molecule has 1 unspecified atom stereocenters. The third kappa shape index (κ3) is 6.22. The van der Waals surface area contributed by atoms with E-state index in [0.717, 1.165) is 24.0 Å². The highest BCUT2D eigenvalue weighted by molar-refractivity contribution is 7.93. The molecule has 1 N–H and O–H groups in total. The van der Waals surface area contributed by atoms with E-state index in [-0.39, 0.29) is 30.7 Å². The number of aliphatic carboxylic acids is 1. The largest absolute Gasteiger partial charge is 0.481 e. The van der Waals surface area contributed by atoms with Crippen LogP contribution in [0.15, 0.2) is 78.9 Å². The van der Waals surface area contributed by atoms with E-state index in [0.29, 0.717) is 35.0 Å². The second-order valence-corrected chi connectivity index (χ2v) is 15.7. The number of benzene rings is 3. The summed E-state index contributed by atoms with van der Waals surface area (Å²) in [6.45, 7) is 1.82. The quantitative estimate of drug-likeness (QED) is 0.234. The van der Waals surface area contributed by atoms with Crippen LogP contribution in [0.3, 0.4) is 0 Å². The summed E-state index contributed by atoms with van der Waals surface area (Å²) < 4.78 is 29.4. The molecular weight excluding hydrogens is 619 g/mol. The number of hydrogen-bond donors (Lipinski definition) is 1. The molecule has 0 bridgehead atoms. The minimum atomic E-state index is -3.68. The fourth-order valence-corrected chi connectivity index (χ4v) is 9.05. The van der Waals surface area contributed by atoms with Gasteiger partial charge in [-0.25, -0.2) is 8.42 Å². The molecule has 6 rings (SSSR count). The minimum Gasteiger partial charge on any atom is -0.481 e. The number of halogens is 2. The van der Waals surface area contributed by atoms with Crippen LogP contribution in [0.2, 0.25) is 10.0 Å². The smallest absolute Gasteiger partial charge is 0.304 e. The van der Waals surface area contributed by atoms with Gasteiger partial charge in [-0.2, -0.15) is 0 Å². The van der Waals surface area contributed by atoms with E-state index in [1.165, 1.54) is 4.31 Å². The lowest BCUT2D eigenvalue weighted by atomic mass is 9.67. The Hall–Kier alpha value is -3.07. The number of para-hydroxylation sites is 1. The molecule has 3 aromatic carbocycles. The Bertz CT molecular complexity index is 1640. The van der Waals surface area contributed by atoms with Gasteiger partial charge in [-0.05, 0) is 85.5 Å². The van der Waals surface area contributed by atoms with Crippen molar-refractivity contribution < 1.29 is 23.1 Å². The lowest BCUT2D eigenvalue weighted by molar-refractivity contribution is -0.160. The molecule has 0 spiro atoms. The summed E-state index contributed by atoms with van der Waals surface area (Å²) in [5.41, 5.74) is 1.10. The topological polar surface area (TPSA) is 95.0 Å². The number of anilines is 1. The zero-order chi connectivity index (χ0) is 31.2. The Morgan fingerprint density at radius 3 is 2.23 bits per heavy atom. The van der Waals surface area contributed by atoms with Gasteiger partial charge in [0.1, 0.15) is 0 Å². The first-order valence-electron chi connectivity index (χ1n) is 15.1. The van der Waals surface area contributed by atoms with Crippen LogP contribution in [0.25, 0.3) is 0 Å². The highest BCUT2D eigenvalue weighted by Crippen LogP contribution is 2.54. The van der Waals surface area contributed by atoms with Gasteiger partial charge in [0.2, 0.25) is 15.9 Å². The van der Waals surface area contributed by atoms with E-state index in [4.69, 9.17) is 23.2 Å². The fraction of sp³-hybridized carbons (Fsp3) is 0.412. The van der Waals surface area contributed by atoms with Crippen LogP contribution >= 0.6 is 23.2 Å². The first-order chi connectivity index (χ1) is 21.0. The summed E-state index contributed by atoms with van der Waals surface area (Å²) in [6, 6.07) is 23.0. The van der Waals surface area contributed by atoms with Crippen molar-refractivity contribution in [3.8, 4) is 0 Å². The molecule has 2 aliphatic carbocycles. The van der Waals surface area contributed by atoms with Crippen LogP contribution in [0.1, 0.15) is 68.5 Å². The van der Waals surface area contributed by atoms with Crippen LogP contribution in [0, 0.1) is 11.3 Å². The first-order valence-corrected chi connectivity index (χ1v) is 17.4. The Morgan fingerprint density at radius 2 is 1.64 bits per heavy atom. The van der Waals surface area contributed by atoms with Crippen LogP contribution in [-0.4, -0.2) is 48.1 Å². The van der Waals surface area contributed by atoms with E-state index in [2.05, 4.69) is 0 Å². The van der Waals surface area contributed by atoms with E-state index < -0.39 is 38.7 Å². The van der Waals surface area contributed by atoms with Crippen molar-refractivity contribution in [1.29, 1.82) is 0 Å². The molecule has 1 aliphatic heterocycles. The van der Waals surface area contributed by atoms with Crippen LogP contribution in [-0.2, 0) is 19.6 Å². The Labute approximate surface area is 268 Å². The number of amides is 1. The van der Waals surface area contributed by atoms with Crippen LogP contribution in [0.4, 0.5) is 5.69 Å². The zero-order valence-electron chi connectivity index (χ0n) is 24.5. The number of carbonyl (C=O) groups is 2. The summed E-state index contributed by atoms with van der Waals surface area (Å²) >= 11 is 12.8. The molecule has 44 heavy (non-hydrogen) atoms. The normalized spacial score (nSPS) is 24.6. The van der Waals surface area contributed by atoms with Crippen molar-refractivity contribution in [3.63, 3.8) is 0 Å². The molecule has 2 saturated carbocycles. The Balaban J connectivity index is 1.52. The van der Waals surface area contributed by atoms with Gasteiger partial charge in [0.05, 0.1) is 41.4 Å². The molecule has 4 atom stereocenters. The summed E-state index contributed by atoms with van der Waals surface area (Å²) in [4.78, 5) is 28.9. The van der Waals surface area contributed by atoms with Gasteiger partial charge < -0.3 is 10.0 Å². The lowest BCUT2D eigenvalue weighted by Gasteiger charge is -2.52. The zero-order valence-corrected chi connectivity index (χ0v) is 26.8. The average molecular weight is 656 g/mol. The highest BCUT2D eigenvalue weighted by Gasteiger charge is 2.55. The van der Waals surface area contributed by atoms with Crippen molar-refractivity contribution >= 4 is 50.8 Å². The molecule has 232 valence electrons. The molecule has 7 nitrogen and oxygen atoms in total. The first kappa shape index (κ1) is 30.9. The lowest BCUT2D eigenvalue weighted by Crippen LogP contribution is -2.59. The summed E-state index contributed by atoms with van der Waals surface area (Å²) in [6.07, 6.45) is 2.89. The summed E-state index contributed by atoms with van der Waals surface area (Å²) in [5, 5.41) is 10.6. The third-order valence-corrected chi connectivity index (χ3v) is 12.1. The molecule has 10 heteroatoms. The van der Waals surface area contributed by atoms with Gasteiger partial charge in [0, 0.05) is 16.0 Å². The average Bonchev–Trinajstić information content (AvgIpc) is 3.89. The fourth-order valence-electron chi connectivity index (χ4n) is 6.86. The molecular formula is C34H36Cl2N2O5S. The maximum atomic E-state index is 14.8. The standard InChI is InChI=1S/C34H36Cl2N2O5S/c1-34(20-31(39)40)19-29(24-6-5-7-26(36)18-24)32(23-12-14-25(35)15-13-23)38(33(34)41)30(22-10-11-22)21-37(27-8-3-2-4-9-27)44(42,43)28-16-17-28/h2-9,12-15,18,22,28-30,32H,10-11,16-17,19-21H2,1H3,(H,39,40)/t29-,30?,32-,34-/m1/s1. The second kappa shape index (κ2) is 12.0. The molecule has 0 aromatic heterocycles. The predicted octanol–water partition coefficient (Wildman–Crippen LogP) is 7.31. The Morgan fingerprint density at radius 1 is 0.955 bits per heavy atom. The van der Waals surface area contributed by atoms with Crippen molar-refractivity contribution in [1.82, 2.24) is 4.90 Å². The molecule has 1 amide bonds. The molecule has 3 aliphatic rings. The van der Waals surface area contributed by atoms with Crippen molar-refractivity contribution in [2.24, 2.45) is 11.3 Å². The summed E-state index contributed by atoms with van der Waals surface area (Å²) in [7, 11) is -3.68. The van der Waals surface area contributed by atoms with Gasteiger partial charge in [-0.3, -0.25) is 13.9 Å². The SMILES string of the molecule is C[C@]1(CC(=O)O)C[C@H](c2cccc(Cl)c2)[C@@H](c2ccc(Cl)cc2)N(C(CN(c2ccccc2)S(=O)(=O)C2CC2)C2CC2)C1=O. The number of likely N-dealkylation sites (tertiary alicyclic amines) is 1. The maximum Gasteiger partial charge on any atom is 0.304 e. The predicted molar refractivity (Wildman–Crippen MR) is 172 cm³/mol. The Kier molecular flexibility index (Phi) is 8.46. The molecule has 1 heterocycles. The maximum absolute atomic E-state index is 14.8. The molecule has 3 fully saturated rings. The number of nitrogens with zero attached hydrogens (tertiary/aromatic N) is 2. The number of rotatable bonds is 11. The van der Waals surface area contributed by atoms with E-state index in [1.54, 1.807) is 37.3 Å². The second-order valence-electron chi connectivity index (χ2n) is 12.7. The van der Waals surface area contributed by atoms with Gasteiger partial charge in [0.15, 0.2) is 0 Å². The number of hydrogen-bond acceptors (Lipinski definition) is 4. The van der Waals surface area contributed by atoms with E-state index >= 15 is 0 Å². The van der Waals surface area contributed by atoms with Gasteiger partial charge in [-0.15, -0.1) is 0 Å². The van der Waals surface area contributed by atoms with Crippen LogP contribution in [0.5, 0.6) is 0 Å². The highest BCUT2D eigenvalue weighted by atomic mass is 35.5. The van der Waals surface area contributed by atoms with E-state index in [9.17, 15) is 23.1 Å². The van der Waals surface area contributed by atoms with E-state index in [1.807, 2.05) is 53.4 Å². The van der Waals surface area contributed by atoms with Crippen molar-refractivity contribution in [2.75, 3.05) is 10.8 Å². The number of carbonyl (C=O) groups excluding carboxylic acids is 1. The number of carboxylic acids is 1. The van der Waals surface area contributed by atoms with Gasteiger partial charge >= 0.3 is 5.97 Å². The molecule has 0 radical (unpaired) electrons. The van der Waals surface area contributed by atoms with Gasteiger partial charge in [-0.1, -0.05) is 72.6 Å². The number of sulfonamides is 1. The third-order valence-electron chi connectivity index (χ3n) is 9.31. The summed E-state index contributed by atoms with van der Waals surface area (Å²) in [5.74, 6) is -1.56. The van der Waals surface area contributed by atoms with Crippen molar-refractivity contribution in [2.45, 2.75) is 68.7 Å². The van der Waals surface area contributed by atoms with Crippen molar-refractivity contribution in [3.05, 3.63) is 100 Å². The minimum absolute atomic E-state index is 0.0709. The monoisotopic (exact) mass is 654 g/mol. The number of piperidine rings is 1.